The molecule has 0 radical (unpaired) electrons. The van der Waals surface area contributed by atoms with Crippen LogP contribution in [0.1, 0.15) is 64.4 Å². The number of hydrogen-bond acceptors (Lipinski definition) is 5. The molecule has 0 aromatic heterocycles. The number of thioether (sulfide) groups is 1. The number of hydrogen-bond donors (Lipinski definition) is 0. The van der Waals surface area contributed by atoms with Crippen molar-refractivity contribution in [3.8, 4) is 0 Å². The summed E-state index contributed by atoms with van der Waals surface area (Å²) in [7, 11) is 0. The Balaban J connectivity index is 1.88. The number of esters is 2. The summed E-state index contributed by atoms with van der Waals surface area (Å²) >= 11 is 1.47. The smallest absolute Gasteiger partial charge is 0.330 e. The van der Waals surface area contributed by atoms with Gasteiger partial charge in [-0.2, -0.15) is 0 Å². The standard InChI is InChI=1S/C28H36O4S/c1-3-4-5-6-7-12-17-25(20-21-27(29)31-22-24-15-10-8-11-16-24)32-28(30)23(2)33-26-18-13-9-14-19-26/h8-11,13-16,18-21,23,25H,3-7,12,17,22H2,1-2H3/b21-20+/t23?,25-/m0/s1. The molecular weight excluding hydrogens is 432 g/mol. The predicted molar refractivity (Wildman–Crippen MR) is 135 cm³/mol. The Bertz CT molecular complexity index is 835. The molecule has 5 heteroatoms. The van der Waals surface area contributed by atoms with E-state index in [0.29, 0.717) is 6.42 Å². The van der Waals surface area contributed by atoms with Crippen molar-refractivity contribution in [1.29, 1.82) is 0 Å². The second-order valence-corrected chi connectivity index (χ2v) is 9.47. The number of rotatable bonds is 15. The summed E-state index contributed by atoms with van der Waals surface area (Å²) in [6.45, 7) is 4.27. The maximum absolute atomic E-state index is 12.7. The third-order valence-corrected chi connectivity index (χ3v) is 6.26. The molecule has 0 heterocycles. The Morgan fingerprint density at radius 3 is 2.24 bits per heavy atom. The van der Waals surface area contributed by atoms with E-state index in [4.69, 9.17) is 9.47 Å². The molecule has 2 aromatic rings. The summed E-state index contributed by atoms with van der Waals surface area (Å²) < 4.78 is 11.1. The summed E-state index contributed by atoms with van der Waals surface area (Å²) in [6.07, 6.45) is 10.2. The van der Waals surface area contributed by atoms with E-state index in [0.717, 1.165) is 23.3 Å². The van der Waals surface area contributed by atoms with Crippen molar-refractivity contribution in [2.45, 2.75) is 81.6 Å². The molecule has 0 spiro atoms. The van der Waals surface area contributed by atoms with Crippen LogP contribution in [-0.2, 0) is 25.7 Å². The second-order valence-electron chi connectivity index (χ2n) is 8.06. The highest BCUT2D eigenvalue weighted by Gasteiger charge is 2.20. The van der Waals surface area contributed by atoms with Gasteiger partial charge in [0.1, 0.15) is 18.0 Å². The molecule has 2 aromatic carbocycles. The third-order valence-electron chi connectivity index (χ3n) is 5.17. The van der Waals surface area contributed by atoms with Gasteiger partial charge in [0.05, 0.1) is 0 Å². The van der Waals surface area contributed by atoms with Gasteiger partial charge in [-0.15, -0.1) is 11.8 Å². The van der Waals surface area contributed by atoms with Crippen molar-refractivity contribution in [2.75, 3.05) is 0 Å². The molecule has 0 amide bonds. The van der Waals surface area contributed by atoms with E-state index >= 15 is 0 Å². The minimum Gasteiger partial charge on any atom is -0.458 e. The molecular formula is C28H36O4S. The quantitative estimate of drug-likeness (QED) is 0.120. The van der Waals surface area contributed by atoms with E-state index in [-0.39, 0.29) is 17.8 Å². The van der Waals surface area contributed by atoms with Gasteiger partial charge in [-0.1, -0.05) is 87.6 Å². The highest BCUT2D eigenvalue weighted by Crippen LogP contribution is 2.24. The zero-order chi connectivity index (χ0) is 23.7. The van der Waals surface area contributed by atoms with E-state index < -0.39 is 12.1 Å². The molecule has 0 aliphatic rings. The van der Waals surface area contributed by atoms with E-state index in [1.54, 1.807) is 6.08 Å². The Kier molecular flexibility index (Phi) is 13.1. The largest absolute Gasteiger partial charge is 0.458 e. The molecule has 4 nitrogen and oxygen atoms in total. The van der Waals surface area contributed by atoms with Gasteiger partial charge < -0.3 is 9.47 Å². The number of carbonyl (C=O) groups excluding carboxylic acids is 2. The van der Waals surface area contributed by atoms with Crippen LogP contribution in [0.3, 0.4) is 0 Å². The lowest BCUT2D eigenvalue weighted by molar-refractivity contribution is -0.146. The van der Waals surface area contributed by atoms with E-state index in [1.165, 1.54) is 43.5 Å². The number of benzene rings is 2. The Morgan fingerprint density at radius 2 is 1.55 bits per heavy atom. The van der Waals surface area contributed by atoms with E-state index in [9.17, 15) is 9.59 Å². The minimum atomic E-state index is -0.438. The fourth-order valence-corrected chi connectivity index (χ4v) is 4.15. The third kappa shape index (κ3) is 11.8. The Hall–Kier alpha value is -2.53. The highest BCUT2D eigenvalue weighted by molar-refractivity contribution is 8.00. The van der Waals surface area contributed by atoms with Crippen molar-refractivity contribution in [1.82, 2.24) is 0 Å². The lowest BCUT2D eigenvalue weighted by Crippen LogP contribution is -2.23. The maximum atomic E-state index is 12.7. The Labute approximate surface area is 202 Å². The van der Waals surface area contributed by atoms with Crippen LogP contribution in [0.25, 0.3) is 0 Å². The average Bonchev–Trinajstić information content (AvgIpc) is 2.84. The maximum Gasteiger partial charge on any atom is 0.330 e. The van der Waals surface area contributed by atoms with Gasteiger partial charge in [0.25, 0.3) is 0 Å². The van der Waals surface area contributed by atoms with Crippen molar-refractivity contribution < 1.29 is 19.1 Å². The van der Waals surface area contributed by atoms with Crippen LogP contribution in [0.4, 0.5) is 0 Å². The van der Waals surface area contributed by atoms with Gasteiger partial charge in [0, 0.05) is 11.0 Å². The molecule has 2 rings (SSSR count). The lowest BCUT2D eigenvalue weighted by atomic mass is 10.1. The normalized spacial score (nSPS) is 12.9. The first-order valence-electron chi connectivity index (χ1n) is 11.9. The number of ether oxygens (including phenoxy) is 2. The molecule has 0 aliphatic heterocycles. The fraction of sp³-hybridized carbons (Fsp3) is 0.429. The molecule has 33 heavy (non-hydrogen) atoms. The summed E-state index contributed by atoms with van der Waals surface area (Å²) in [5.74, 6) is -0.711. The molecule has 2 atom stereocenters. The zero-order valence-corrected chi connectivity index (χ0v) is 20.6. The monoisotopic (exact) mass is 468 g/mol. The van der Waals surface area contributed by atoms with Crippen LogP contribution in [0.5, 0.6) is 0 Å². The van der Waals surface area contributed by atoms with E-state index in [2.05, 4.69) is 6.92 Å². The van der Waals surface area contributed by atoms with E-state index in [1.807, 2.05) is 67.6 Å². The summed E-state index contributed by atoms with van der Waals surface area (Å²) in [5, 5.41) is -0.335. The van der Waals surface area contributed by atoms with Crippen LogP contribution >= 0.6 is 11.8 Å². The van der Waals surface area contributed by atoms with Crippen molar-refractivity contribution in [3.63, 3.8) is 0 Å². The molecule has 0 aliphatic carbocycles. The molecule has 0 bridgehead atoms. The first kappa shape index (κ1) is 26.7. The van der Waals surface area contributed by atoms with Crippen LogP contribution in [-0.4, -0.2) is 23.3 Å². The van der Waals surface area contributed by atoms with Gasteiger partial charge in [-0.05, 0) is 43.5 Å². The van der Waals surface area contributed by atoms with Gasteiger partial charge in [-0.3, -0.25) is 4.79 Å². The topological polar surface area (TPSA) is 52.6 Å². The zero-order valence-electron chi connectivity index (χ0n) is 19.8. The molecule has 0 N–H and O–H groups in total. The predicted octanol–water partition coefficient (Wildman–Crippen LogP) is 7.13. The summed E-state index contributed by atoms with van der Waals surface area (Å²) in [5.41, 5.74) is 0.932. The summed E-state index contributed by atoms with van der Waals surface area (Å²) in [4.78, 5) is 25.9. The van der Waals surface area contributed by atoms with Crippen molar-refractivity contribution in [3.05, 3.63) is 78.4 Å². The fourth-order valence-electron chi connectivity index (χ4n) is 3.28. The van der Waals surface area contributed by atoms with Crippen molar-refractivity contribution in [2.24, 2.45) is 0 Å². The summed E-state index contributed by atoms with van der Waals surface area (Å²) in [6, 6.07) is 19.4. The second kappa shape index (κ2) is 16.1. The van der Waals surface area contributed by atoms with Gasteiger partial charge >= 0.3 is 11.9 Å². The highest BCUT2D eigenvalue weighted by atomic mass is 32.2. The van der Waals surface area contributed by atoms with Gasteiger partial charge in [0.2, 0.25) is 0 Å². The number of carbonyl (C=O) groups is 2. The molecule has 0 saturated carbocycles. The van der Waals surface area contributed by atoms with Crippen LogP contribution in [0.2, 0.25) is 0 Å². The number of unbranched alkanes of at least 4 members (excludes halogenated alkanes) is 5. The average molecular weight is 469 g/mol. The molecule has 0 saturated heterocycles. The van der Waals surface area contributed by atoms with Crippen molar-refractivity contribution >= 4 is 23.7 Å². The van der Waals surface area contributed by atoms with Crippen LogP contribution < -0.4 is 0 Å². The first-order valence-corrected chi connectivity index (χ1v) is 12.8. The molecule has 0 fully saturated rings. The minimum absolute atomic E-state index is 0.219. The SMILES string of the molecule is CCCCCCCC[C@@H](/C=C/C(=O)OCc1ccccc1)OC(=O)C(C)Sc1ccccc1. The molecule has 1 unspecified atom stereocenters. The molecule has 178 valence electrons. The van der Waals surface area contributed by atoms with Gasteiger partial charge in [0.15, 0.2) is 0 Å². The lowest BCUT2D eigenvalue weighted by Gasteiger charge is -2.17. The first-order chi connectivity index (χ1) is 16.1. The van der Waals surface area contributed by atoms with Gasteiger partial charge in [-0.25, -0.2) is 4.79 Å². The Morgan fingerprint density at radius 1 is 0.909 bits per heavy atom. The van der Waals surface area contributed by atoms with Crippen LogP contribution in [0, 0.1) is 0 Å². The van der Waals surface area contributed by atoms with Crippen LogP contribution in [0.15, 0.2) is 77.7 Å².